The molecular weight excluding hydrogens is 476 g/mol. The van der Waals surface area contributed by atoms with Gasteiger partial charge in [-0.3, -0.25) is 9.59 Å². The molecule has 2 amide bonds. The number of nitrogens with zero attached hydrogens (tertiary/aromatic N) is 1. The summed E-state index contributed by atoms with van der Waals surface area (Å²) in [4.78, 5) is 28.8. The highest BCUT2D eigenvalue weighted by atomic mass is 35.5. The van der Waals surface area contributed by atoms with Gasteiger partial charge in [-0.2, -0.15) is 0 Å². The topological polar surface area (TPSA) is 49.4 Å². The number of amides is 2. The summed E-state index contributed by atoms with van der Waals surface area (Å²) in [6.45, 7) is 6.28. The Kier molecular flexibility index (Phi) is 10.2. The van der Waals surface area contributed by atoms with Gasteiger partial charge in [0, 0.05) is 29.8 Å². The third-order valence-corrected chi connectivity index (χ3v) is 7.08. The molecule has 0 aliphatic carbocycles. The maximum atomic E-state index is 13.6. The first kappa shape index (κ1) is 26.8. The summed E-state index contributed by atoms with van der Waals surface area (Å²) in [7, 11) is 0. The molecule has 0 radical (unpaired) electrons. The summed E-state index contributed by atoms with van der Waals surface area (Å²) < 4.78 is 0. The summed E-state index contributed by atoms with van der Waals surface area (Å²) in [5.41, 5.74) is 4.14. The standard InChI is InChI=1S/C29H33ClN2O2S/c1-21(2)31-29(34)27(17-23-12-5-4-6-13-23)32(18-24-14-8-7-11-22(24)3)28(33)20-35-19-25-15-9-10-16-26(25)30/h4-16,21,27H,17-20H2,1-3H3,(H,31,34). The third kappa shape index (κ3) is 8.15. The average Bonchev–Trinajstić information content (AvgIpc) is 2.83. The molecule has 0 aliphatic rings. The predicted octanol–water partition coefficient (Wildman–Crippen LogP) is 6.05. The van der Waals surface area contributed by atoms with Crippen LogP contribution in [0.5, 0.6) is 0 Å². The first-order valence-electron chi connectivity index (χ1n) is 11.8. The van der Waals surface area contributed by atoms with E-state index in [1.165, 1.54) is 11.8 Å². The Bertz CT molecular complexity index is 1120. The molecule has 35 heavy (non-hydrogen) atoms. The van der Waals surface area contributed by atoms with Crippen molar-refractivity contribution in [3.05, 3.63) is 106 Å². The normalized spacial score (nSPS) is 11.8. The summed E-state index contributed by atoms with van der Waals surface area (Å²) in [6.07, 6.45) is 0.451. The smallest absolute Gasteiger partial charge is 0.243 e. The second-order valence-electron chi connectivity index (χ2n) is 8.90. The molecule has 3 rings (SSSR count). The minimum Gasteiger partial charge on any atom is -0.352 e. The van der Waals surface area contributed by atoms with Crippen LogP contribution in [0, 0.1) is 6.92 Å². The number of aryl methyl sites for hydroxylation is 1. The molecule has 4 nitrogen and oxygen atoms in total. The molecule has 0 aromatic heterocycles. The first-order valence-corrected chi connectivity index (χ1v) is 13.4. The fraction of sp³-hybridized carbons (Fsp3) is 0.310. The van der Waals surface area contributed by atoms with E-state index in [1.807, 2.05) is 99.6 Å². The molecule has 3 aromatic rings. The maximum absolute atomic E-state index is 13.6. The van der Waals surface area contributed by atoms with Crippen LogP contribution in [-0.2, 0) is 28.3 Å². The summed E-state index contributed by atoms with van der Waals surface area (Å²) in [6, 6.07) is 24.9. The number of hydrogen-bond acceptors (Lipinski definition) is 3. The number of nitrogens with one attached hydrogen (secondary N) is 1. The van der Waals surface area contributed by atoms with Crippen LogP contribution in [0.25, 0.3) is 0 Å². The van der Waals surface area contributed by atoms with Crippen LogP contribution in [0.1, 0.15) is 36.1 Å². The Morgan fingerprint density at radius 2 is 1.54 bits per heavy atom. The van der Waals surface area contributed by atoms with E-state index in [1.54, 1.807) is 4.90 Å². The van der Waals surface area contributed by atoms with Gasteiger partial charge >= 0.3 is 0 Å². The molecule has 1 unspecified atom stereocenters. The fourth-order valence-electron chi connectivity index (χ4n) is 3.85. The molecule has 0 fully saturated rings. The van der Waals surface area contributed by atoms with Gasteiger partial charge in [0.1, 0.15) is 6.04 Å². The summed E-state index contributed by atoms with van der Waals surface area (Å²) >= 11 is 7.81. The van der Waals surface area contributed by atoms with Crippen LogP contribution in [0.2, 0.25) is 5.02 Å². The number of carbonyl (C=O) groups excluding carboxylic acids is 2. The van der Waals surface area contributed by atoms with Gasteiger partial charge in [-0.05, 0) is 49.1 Å². The van der Waals surface area contributed by atoms with E-state index in [0.717, 1.165) is 22.3 Å². The fourth-order valence-corrected chi connectivity index (χ4v) is 5.05. The molecule has 0 saturated carbocycles. The molecule has 3 aromatic carbocycles. The van der Waals surface area contributed by atoms with Crippen LogP contribution in [0.4, 0.5) is 0 Å². The lowest BCUT2D eigenvalue weighted by molar-refractivity contribution is -0.139. The molecule has 0 heterocycles. The molecule has 1 N–H and O–H groups in total. The second kappa shape index (κ2) is 13.4. The summed E-state index contributed by atoms with van der Waals surface area (Å²) in [5.74, 6) is 0.690. The molecule has 1 atom stereocenters. The Morgan fingerprint density at radius 3 is 2.20 bits per heavy atom. The van der Waals surface area contributed by atoms with Crippen molar-refractivity contribution >= 4 is 35.2 Å². The van der Waals surface area contributed by atoms with E-state index in [4.69, 9.17) is 11.6 Å². The zero-order valence-corrected chi connectivity index (χ0v) is 22.1. The lowest BCUT2D eigenvalue weighted by Gasteiger charge is -2.32. The quantitative estimate of drug-likeness (QED) is 0.343. The van der Waals surface area contributed by atoms with Crippen molar-refractivity contribution in [3.63, 3.8) is 0 Å². The molecular formula is C29H33ClN2O2S. The number of carbonyl (C=O) groups is 2. The van der Waals surface area contributed by atoms with E-state index >= 15 is 0 Å². The molecule has 184 valence electrons. The van der Waals surface area contributed by atoms with E-state index < -0.39 is 6.04 Å². The van der Waals surface area contributed by atoms with Gasteiger partial charge in [-0.1, -0.05) is 84.4 Å². The zero-order chi connectivity index (χ0) is 25.2. The zero-order valence-electron chi connectivity index (χ0n) is 20.5. The lowest BCUT2D eigenvalue weighted by Crippen LogP contribution is -2.52. The third-order valence-electron chi connectivity index (χ3n) is 5.74. The Hall–Kier alpha value is -2.76. The number of hydrogen-bond donors (Lipinski definition) is 1. The van der Waals surface area contributed by atoms with Crippen molar-refractivity contribution in [2.45, 2.75) is 51.6 Å². The Balaban J connectivity index is 1.86. The predicted molar refractivity (Wildman–Crippen MR) is 147 cm³/mol. The monoisotopic (exact) mass is 508 g/mol. The summed E-state index contributed by atoms with van der Waals surface area (Å²) in [5, 5.41) is 3.73. The SMILES string of the molecule is Cc1ccccc1CN(C(=O)CSCc1ccccc1Cl)C(Cc1ccccc1)C(=O)NC(C)C. The van der Waals surface area contributed by atoms with Gasteiger partial charge in [0.05, 0.1) is 5.75 Å². The van der Waals surface area contributed by atoms with Crippen molar-refractivity contribution in [1.82, 2.24) is 10.2 Å². The van der Waals surface area contributed by atoms with Gasteiger partial charge < -0.3 is 10.2 Å². The van der Waals surface area contributed by atoms with Crippen LogP contribution in [0.15, 0.2) is 78.9 Å². The van der Waals surface area contributed by atoms with Crippen molar-refractivity contribution in [2.24, 2.45) is 0 Å². The van der Waals surface area contributed by atoms with Gasteiger partial charge in [0.25, 0.3) is 0 Å². The minimum atomic E-state index is -0.618. The van der Waals surface area contributed by atoms with Crippen molar-refractivity contribution in [1.29, 1.82) is 0 Å². The maximum Gasteiger partial charge on any atom is 0.243 e. The number of rotatable bonds is 11. The average molecular weight is 509 g/mol. The molecule has 0 bridgehead atoms. The van der Waals surface area contributed by atoms with Gasteiger partial charge in [0.2, 0.25) is 11.8 Å². The highest BCUT2D eigenvalue weighted by Crippen LogP contribution is 2.23. The van der Waals surface area contributed by atoms with E-state index in [-0.39, 0.29) is 23.6 Å². The van der Waals surface area contributed by atoms with E-state index in [0.29, 0.717) is 23.7 Å². The van der Waals surface area contributed by atoms with Crippen LogP contribution < -0.4 is 5.32 Å². The minimum absolute atomic E-state index is 0.0224. The van der Waals surface area contributed by atoms with Crippen molar-refractivity contribution in [3.8, 4) is 0 Å². The lowest BCUT2D eigenvalue weighted by atomic mass is 10.0. The molecule has 0 saturated heterocycles. The van der Waals surface area contributed by atoms with Crippen LogP contribution in [0.3, 0.4) is 0 Å². The largest absolute Gasteiger partial charge is 0.352 e. The first-order chi connectivity index (χ1) is 16.8. The number of halogens is 1. The number of thioether (sulfide) groups is 1. The van der Waals surface area contributed by atoms with Gasteiger partial charge in [-0.15, -0.1) is 11.8 Å². The van der Waals surface area contributed by atoms with E-state index in [2.05, 4.69) is 5.32 Å². The Morgan fingerprint density at radius 1 is 0.914 bits per heavy atom. The van der Waals surface area contributed by atoms with Crippen LogP contribution >= 0.6 is 23.4 Å². The Labute approximate surface area is 218 Å². The van der Waals surface area contributed by atoms with E-state index in [9.17, 15) is 9.59 Å². The van der Waals surface area contributed by atoms with Crippen molar-refractivity contribution in [2.75, 3.05) is 5.75 Å². The molecule has 6 heteroatoms. The van der Waals surface area contributed by atoms with Crippen molar-refractivity contribution < 1.29 is 9.59 Å². The molecule has 0 aliphatic heterocycles. The van der Waals surface area contributed by atoms with Gasteiger partial charge in [0.15, 0.2) is 0 Å². The van der Waals surface area contributed by atoms with Gasteiger partial charge in [-0.25, -0.2) is 0 Å². The van der Waals surface area contributed by atoms with Crippen LogP contribution in [-0.4, -0.2) is 34.6 Å². The highest BCUT2D eigenvalue weighted by molar-refractivity contribution is 7.99. The highest BCUT2D eigenvalue weighted by Gasteiger charge is 2.30. The number of benzene rings is 3. The molecule has 0 spiro atoms. The second-order valence-corrected chi connectivity index (χ2v) is 10.3.